The highest BCUT2D eigenvalue weighted by Crippen LogP contribution is 2.38. The molecule has 0 bridgehead atoms. The molecule has 7 aliphatic rings. The normalized spacial score (nSPS) is 35.4. The van der Waals surface area contributed by atoms with Crippen LogP contribution >= 0.6 is 0 Å². The monoisotopic (exact) mass is 1470 g/mol. The number of carbonyl (C=O) groups is 6. The lowest BCUT2D eigenvalue weighted by Crippen LogP contribution is -2.70. The molecule has 26 atom stereocenters. The summed E-state index contributed by atoms with van der Waals surface area (Å²) in [5.41, 5.74) is 13.5. The zero-order valence-electron chi connectivity index (χ0n) is 56.1. The highest BCUT2D eigenvalue weighted by Gasteiger charge is 2.55. The SMILES string of the molecule is CC(c1ccccc1)C1NC(=O)CNC(=O)C(CO)NC(=O)C(C(O)C2CN=C(N)N2C2OC(CO)C(O)C(O)C2O)NC(=O)C(C(O)C2CN=C(N)N2)NC(=O)C(Cc2ccc(OC3OC(CO)C(OC4OC5COC(c6ccc(Oc7ccccc7)cc6)OC5C(O)C4O)C(O)C3O)cc2)NC1=O. The molecular formula is C67H86N12O26. The van der Waals surface area contributed by atoms with Crippen LogP contribution in [-0.2, 0) is 63.6 Å². The van der Waals surface area contributed by atoms with Gasteiger partial charge < -0.3 is 153 Å². The summed E-state index contributed by atoms with van der Waals surface area (Å²) in [7, 11) is 0. The summed E-state index contributed by atoms with van der Waals surface area (Å²) >= 11 is 0. The van der Waals surface area contributed by atoms with Crippen LogP contribution in [-0.4, -0.2) is 306 Å². The molecule has 4 aromatic carbocycles. The van der Waals surface area contributed by atoms with E-state index in [9.17, 15) is 80.5 Å². The van der Waals surface area contributed by atoms with Crippen LogP contribution in [0.15, 0.2) is 119 Å². The van der Waals surface area contributed by atoms with Crippen LogP contribution in [0.3, 0.4) is 0 Å². The number of hydrogen-bond donors (Lipinski definition) is 21. The Bertz CT molecular complexity index is 3710. The quantitative estimate of drug-likeness (QED) is 0.0414. The number of nitrogens with zero attached hydrogens (tertiary/aromatic N) is 3. The number of hydrogen-bond acceptors (Lipinski definition) is 32. The molecule has 26 unspecified atom stereocenters. The maximum Gasteiger partial charge on any atom is 0.246 e. The predicted molar refractivity (Wildman–Crippen MR) is 357 cm³/mol. The summed E-state index contributed by atoms with van der Waals surface area (Å²) in [6.07, 6.45) is -31.1. The van der Waals surface area contributed by atoms with Gasteiger partial charge in [0.05, 0.1) is 58.1 Å². The Labute approximate surface area is 598 Å². The van der Waals surface area contributed by atoms with Crippen LogP contribution in [0.25, 0.3) is 0 Å². The van der Waals surface area contributed by atoms with E-state index in [4.69, 9.17) is 49.4 Å². The summed E-state index contributed by atoms with van der Waals surface area (Å²) in [4.78, 5) is 96.7. The van der Waals surface area contributed by atoms with Gasteiger partial charge in [-0.3, -0.25) is 38.8 Å². The van der Waals surface area contributed by atoms with Gasteiger partial charge in [0.15, 0.2) is 30.7 Å². The number of aliphatic hydroxyl groups is 12. The lowest BCUT2D eigenvalue weighted by Gasteiger charge is -2.48. The number of guanidine groups is 2. The second-order valence-corrected chi connectivity index (χ2v) is 26.1. The van der Waals surface area contributed by atoms with Crippen molar-refractivity contribution >= 4 is 47.4 Å². The van der Waals surface area contributed by atoms with E-state index < -0.39 is 239 Å². The van der Waals surface area contributed by atoms with E-state index in [-0.39, 0.29) is 30.4 Å². The fourth-order valence-corrected chi connectivity index (χ4v) is 13.2. The smallest absolute Gasteiger partial charge is 0.246 e. The number of nitrogens with one attached hydrogen (secondary N) is 7. The first kappa shape index (κ1) is 77.2. The van der Waals surface area contributed by atoms with Crippen LogP contribution in [0.2, 0.25) is 0 Å². The van der Waals surface area contributed by atoms with Crippen LogP contribution in [0.5, 0.6) is 17.2 Å². The number of amides is 6. The van der Waals surface area contributed by atoms with Crippen molar-refractivity contribution in [1.29, 1.82) is 0 Å². The summed E-state index contributed by atoms with van der Waals surface area (Å²) in [5, 5.41) is 151. The van der Waals surface area contributed by atoms with Crippen molar-refractivity contribution in [2.45, 2.75) is 172 Å². The molecule has 0 radical (unpaired) electrons. The molecule has 0 aliphatic carbocycles. The largest absolute Gasteiger partial charge is 0.462 e. The van der Waals surface area contributed by atoms with E-state index in [1.54, 1.807) is 73.7 Å². The number of para-hydroxylation sites is 1. The van der Waals surface area contributed by atoms with Gasteiger partial charge in [0.25, 0.3) is 0 Å². The maximum absolute atomic E-state index is 15.2. The molecule has 7 aliphatic heterocycles. The molecule has 7 heterocycles. The third kappa shape index (κ3) is 17.5. The summed E-state index contributed by atoms with van der Waals surface area (Å²) < 4.78 is 47.5. The Balaban J connectivity index is 0.820. The van der Waals surface area contributed by atoms with Gasteiger partial charge in [0.2, 0.25) is 41.7 Å². The minimum atomic E-state index is -2.35. The van der Waals surface area contributed by atoms with E-state index in [0.717, 1.165) is 4.90 Å². The average Bonchev–Trinajstić information content (AvgIpc) is 1.68. The molecular weight excluding hydrogens is 1390 g/mol. The number of nitrogens with two attached hydrogens (primary N) is 2. The number of rotatable bonds is 19. The first-order chi connectivity index (χ1) is 50.3. The highest BCUT2D eigenvalue weighted by atomic mass is 16.8. The predicted octanol–water partition coefficient (Wildman–Crippen LogP) is -9.06. The molecule has 0 saturated carbocycles. The minimum Gasteiger partial charge on any atom is -0.462 e. The molecule has 570 valence electrons. The molecule has 38 heteroatoms. The topological polar surface area (TPSA) is 583 Å². The zero-order valence-corrected chi connectivity index (χ0v) is 56.1. The molecule has 0 spiro atoms. The van der Waals surface area contributed by atoms with Gasteiger partial charge in [-0.15, -0.1) is 0 Å². The lowest BCUT2D eigenvalue weighted by molar-refractivity contribution is -0.383. The molecule has 5 fully saturated rings. The van der Waals surface area contributed by atoms with Gasteiger partial charge in [0.1, 0.15) is 133 Å². The summed E-state index contributed by atoms with van der Waals surface area (Å²) in [6.45, 7) is -3.26. The number of aliphatic imine (C=N–C) groups is 2. The molecule has 5 saturated heterocycles. The fraction of sp³-hybridized carbons (Fsp3) is 0.522. The van der Waals surface area contributed by atoms with Gasteiger partial charge in [-0.05, 0) is 47.5 Å². The lowest BCUT2D eigenvalue weighted by atomic mass is 9.92. The third-order valence-corrected chi connectivity index (χ3v) is 19.1. The van der Waals surface area contributed by atoms with Crippen LogP contribution in [0.1, 0.15) is 35.8 Å². The second kappa shape index (κ2) is 34.1. The Morgan fingerprint density at radius 3 is 1.85 bits per heavy atom. The molecule has 0 aromatic heterocycles. The van der Waals surface area contributed by atoms with E-state index in [1.165, 1.54) is 24.3 Å². The van der Waals surface area contributed by atoms with Crippen molar-refractivity contribution < 1.29 is 128 Å². The van der Waals surface area contributed by atoms with Gasteiger partial charge in [-0.1, -0.05) is 79.7 Å². The Kier molecular flexibility index (Phi) is 25.1. The molecule has 11 rings (SSSR count). The van der Waals surface area contributed by atoms with Crippen molar-refractivity contribution in [3.63, 3.8) is 0 Å². The van der Waals surface area contributed by atoms with Crippen molar-refractivity contribution in [2.75, 3.05) is 46.1 Å². The van der Waals surface area contributed by atoms with Crippen LogP contribution < -0.4 is 58.2 Å². The van der Waals surface area contributed by atoms with Crippen molar-refractivity contribution in [2.24, 2.45) is 21.5 Å². The van der Waals surface area contributed by atoms with E-state index in [0.29, 0.717) is 22.6 Å². The fourth-order valence-electron chi connectivity index (χ4n) is 13.2. The van der Waals surface area contributed by atoms with Gasteiger partial charge in [0, 0.05) is 17.9 Å². The van der Waals surface area contributed by atoms with Gasteiger partial charge >= 0.3 is 0 Å². The van der Waals surface area contributed by atoms with E-state index >= 15 is 9.59 Å². The van der Waals surface area contributed by atoms with Crippen molar-refractivity contribution in [1.82, 2.24) is 42.1 Å². The van der Waals surface area contributed by atoms with Crippen LogP contribution in [0, 0.1) is 0 Å². The highest BCUT2D eigenvalue weighted by molar-refractivity contribution is 5.98. The molecule has 23 N–H and O–H groups in total. The third-order valence-electron chi connectivity index (χ3n) is 19.1. The first-order valence-corrected chi connectivity index (χ1v) is 33.8. The van der Waals surface area contributed by atoms with Crippen molar-refractivity contribution in [3.8, 4) is 17.2 Å². The molecule has 6 amide bonds. The first-order valence-electron chi connectivity index (χ1n) is 33.8. The molecule has 4 aromatic rings. The Hall–Kier alpha value is -8.88. The summed E-state index contributed by atoms with van der Waals surface area (Å²) in [6, 6.07) is 16.9. The number of carbonyl (C=O) groups excluding carboxylic acids is 6. The number of aliphatic hydroxyl groups excluding tert-OH is 12. The average molecular weight is 1480 g/mol. The number of fused-ring (bicyclic) bond motifs is 1. The van der Waals surface area contributed by atoms with Crippen molar-refractivity contribution in [3.05, 3.63) is 126 Å². The standard InChI is InChI=1S/C67H86N12O26/c1-28(30-8-4-2-5-9-30)43-59(95)73-35(20-29-12-16-34(17-13-29)100-64-53(91)50(88)55(40(26-82)102-64)105-65-54(92)51(89)56-41(103-65)27-98-63(104-56)31-14-18-33(19-15-31)99-32-10-6-3-7-11-32)58(94)77-44(46(84)36-21-71-66(68)75-36)61(97)78-45(60(96)74-37(24-80)57(93)70-23-42(83)76-43)47(85)38-22-72-67(69)79(38)62-52(90)49(87)48(86)39(25-81)101-62/h2-19,28,35-41,43-56,62-65,80-82,84-92H,20-27H2,1H3,(H2,69,72)(H,70,93)(H,73,95)(H,74,96)(H,76,83)(H,77,94)(H,78,97)(H3,68,71,75). The summed E-state index contributed by atoms with van der Waals surface area (Å²) in [5.74, 6) is -7.78. The van der Waals surface area contributed by atoms with Gasteiger partial charge in [-0.2, -0.15) is 0 Å². The van der Waals surface area contributed by atoms with Crippen LogP contribution in [0.4, 0.5) is 0 Å². The minimum absolute atomic E-state index is 0.0530. The Morgan fingerprint density at radius 1 is 0.562 bits per heavy atom. The molecule has 105 heavy (non-hydrogen) atoms. The number of benzene rings is 4. The van der Waals surface area contributed by atoms with E-state index in [1.807, 2.05) is 18.2 Å². The van der Waals surface area contributed by atoms with Gasteiger partial charge in [-0.25, -0.2) is 0 Å². The zero-order chi connectivity index (χ0) is 75.1. The Morgan fingerprint density at radius 2 is 1.18 bits per heavy atom. The van der Waals surface area contributed by atoms with E-state index in [2.05, 4.69) is 47.2 Å². The second-order valence-electron chi connectivity index (χ2n) is 26.1. The maximum atomic E-state index is 15.2. The molecule has 38 nitrogen and oxygen atoms in total. The number of ether oxygens (including phenoxy) is 8.